The molecule has 0 amide bonds. The fraction of sp³-hybridized carbons (Fsp3) is 0.568. The summed E-state index contributed by atoms with van der Waals surface area (Å²) < 4.78 is 121. The number of fused-ring (bicyclic) bond motifs is 2. The number of sulfone groups is 1. The van der Waals surface area contributed by atoms with E-state index in [4.69, 9.17) is 55.9 Å². The van der Waals surface area contributed by atoms with E-state index < -0.39 is 141 Å². The lowest BCUT2D eigenvalue weighted by atomic mass is 9.81. The first-order valence-electron chi connectivity index (χ1n) is 42.5. The Kier molecular flexibility index (Phi) is 30.4. The predicted octanol–water partition coefficient (Wildman–Crippen LogP) is 17.1. The van der Waals surface area contributed by atoms with Gasteiger partial charge in [0.25, 0.3) is 16.6 Å². The molecule has 20 atom stereocenters. The molecule has 0 radical (unpaired) electrons. The Hall–Kier alpha value is -5.41. The number of hydrogen-bond acceptors (Lipinski definition) is 15. The number of carbonyl (C=O) groups excluding carboxylic acids is 1. The third-order valence-corrected chi connectivity index (χ3v) is 42.3. The number of benzene rings is 5. The van der Waals surface area contributed by atoms with E-state index in [1.807, 2.05) is 32.9 Å². The minimum Gasteiger partial charge on any atom is -0.410 e. The number of Topliss-reactive ketones (excluding diaryl/α,β-unsaturated/α-hetero) is 1. The van der Waals surface area contributed by atoms with E-state index in [0.29, 0.717) is 58.2 Å². The molecule has 5 aromatic rings. The molecule has 11 rings (SSSR count). The molecule has 0 saturated carbocycles. The van der Waals surface area contributed by atoms with Crippen LogP contribution in [0.1, 0.15) is 168 Å². The lowest BCUT2D eigenvalue weighted by Gasteiger charge is -2.53. The Morgan fingerprint density at radius 1 is 0.596 bits per heavy atom. The van der Waals surface area contributed by atoms with Gasteiger partial charge in [0.2, 0.25) is 0 Å². The zero-order valence-corrected chi connectivity index (χ0v) is 74.8. The summed E-state index contributed by atoms with van der Waals surface area (Å²) in [6, 6.07) is 54.1. The van der Waals surface area contributed by atoms with Crippen molar-refractivity contribution in [2.75, 3.05) is 20.3 Å². The summed E-state index contributed by atoms with van der Waals surface area (Å²) in [4.78, 5) is 16.8. The highest BCUT2D eigenvalue weighted by Gasteiger charge is 2.66. The molecular weight excluding hydrogens is 1500 g/mol. The van der Waals surface area contributed by atoms with Crippen molar-refractivity contribution >= 4 is 61.3 Å². The summed E-state index contributed by atoms with van der Waals surface area (Å²) in [5.41, 5.74) is 1.44. The standard InChI is InChI=1S/C95H134O15SSi3/c1-20-57-100-58-41-42-70-60-66(8)79(101-70)55-53-71-59-65(7)67(9)81(102-71)64-82-85(86(99-19)83(104-82)62-68(21-2)107-93(10,11)12)92(111(97,98)73-43-31-26-32-44-73)78(96)61-72-54-56-80-87(103-72)91(110-114(95(16,17)18,76-49-37-29-38-50-76)77-51-39-30-40-52-77)90-89(105-80)88(84(106-90)63-69(22-3)108-112(23-4,24-5)25-6)109-113(94(13,14)15,74-45-33-27-34-46-74)75-47-35-28-36-48-75/h20,22,26-52,65,68-72,79-92H,1,3,8-9,21,23-25,53-64H2,2,4-7,10-19H3/b42-41+/t65-,68-,69?,70+,71+,72-,79+,80+,81-,82+,83-,84-,85+,86+,87+,88+,89+,90-,91+,92?/m1/s1. The van der Waals surface area contributed by atoms with E-state index >= 15 is 13.2 Å². The molecule has 6 aliphatic rings. The van der Waals surface area contributed by atoms with Crippen LogP contribution in [0.5, 0.6) is 0 Å². The number of carbonyl (C=O) groups is 1. The smallest absolute Gasteiger partial charge is 0.261 e. The van der Waals surface area contributed by atoms with Crippen molar-refractivity contribution in [3.05, 3.63) is 213 Å². The number of ketones is 1. The van der Waals surface area contributed by atoms with E-state index in [9.17, 15) is 0 Å². The fourth-order valence-electron chi connectivity index (χ4n) is 19.5. The van der Waals surface area contributed by atoms with Crippen molar-refractivity contribution in [3.63, 3.8) is 0 Å². The van der Waals surface area contributed by atoms with Crippen LogP contribution in [-0.4, -0.2) is 174 Å². The molecule has 2 unspecified atom stereocenters. The Bertz CT molecular complexity index is 3980. The van der Waals surface area contributed by atoms with Gasteiger partial charge in [-0.15, -0.1) is 13.2 Å². The van der Waals surface area contributed by atoms with Crippen molar-refractivity contribution in [1.29, 1.82) is 0 Å². The van der Waals surface area contributed by atoms with Gasteiger partial charge < -0.3 is 55.9 Å². The van der Waals surface area contributed by atoms with Gasteiger partial charge >= 0.3 is 0 Å². The molecule has 0 aromatic heterocycles. The van der Waals surface area contributed by atoms with Gasteiger partial charge in [-0.1, -0.05) is 253 Å². The molecule has 622 valence electrons. The molecular formula is C95H134O15SSi3. The summed E-state index contributed by atoms with van der Waals surface area (Å²) in [7, 11) is -12.1. The fourth-order valence-corrected chi connectivity index (χ4v) is 33.7. The minimum absolute atomic E-state index is 0.0264. The van der Waals surface area contributed by atoms with Gasteiger partial charge in [0.05, 0.1) is 97.0 Å². The summed E-state index contributed by atoms with van der Waals surface area (Å²) in [6.07, 6.45) is 2.99. The van der Waals surface area contributed by atoms with Crippen molar-refractivity contribution < 1.29 is 69.1 Å². The molecule has 0 spiro atoms. The second-order valence-electron chi connectivity index (χ2n) is 35.9. The maximum atomic E-state index is 16.8. The molecule has 19 heteroatoms. The average Bonchev–Trinajstić information content (AvgIpc) is 1.45. The zero-order chi connectivity index (χ0) is 82.0. The van der Waals surface area contributed by atoms with Crippen molar-refractivity contribution in [1.82, 2.24) is 0 Å². The van der Waals surface area contributed by atoms with Crippen LogP contribution in [0.25, 0.3) is 0 Å². The molecule has 0 aliphatic carbocycles. The first-order chi connectivity index (χ1) is 54.4. The highest BCUT2D eigenvalue weighted by Crippen LogP contribution is 2.51. The van der Waals surface area contributed by atoms with E-state index in [1.165, 1.54) is 0 Å². The van der Waals surface area contributed by atoms with E-state index in [0.717, 1.165) is 62.9 Å². The molecule has 5 aromatic carbocycles. The van der Waals surface area contributed by atoms with Gasteiger partial charge in [-0.2, -0.15) is 0 Å². The number of methoxy groups -OCH3 is 1. The molecule has 114 heavy (non-hydrogen) atoms. The van der Waals surface area contributed by atoms with Gasteiger partial charge in [-0.3, -0.25) is 4.79 Å². The SMILES string of the molecule is C=CCOC/C=C/[C@H]1CC(=C)[C@H](CC[C@H]2C[C@@H](C)C(=C)[C@@H](C[C@@H]3O[C@H](C[C@@H](CC)OC(C)(C)C)[C@H](OC)[C@H]3C(C(=O)C[C@H]3CC[C@@H]4O[C@@H]5[C@@H](O[C@H](CC(C=C)O[Si](CC)(CC)CC)[C@@H]5O[Si](c5ccccc5)(c5ccccc5)C(C)(C)C)[C@@H](O[Si](c5ccccc5)(c5ccccc5)C(C)(C)C)[C@H]4O3)S(=O)(=O)c3ccccc3)O2)O1. The lowest BCUT2D eigenvalue weighted by Crippen LogP contribution is -2.73. The Labute approximate surface area is 687 Å². The summed E-state index contributed by atoms with van der Waals surface area (Å²) in [5, 5.41) is 1.80. The number of rotatable bonds is 37. The predicted molar refractivity (Wildman–Crippen MR) is 465 cm³/mol. The van der Waals surface area contributed by atoms with E-state index in [2.05, 4.69) is 230 Å². The Morgan fingerprint density at radius 2 is 1.13 bits per heavy atom. The highest BCUT2D eigenvalue weighted by molar-refractivity contribution is 7.92. The number of ether oxygens (including phenoxy) is 9. The van der Waals surface area contributed by atoms with Crippen molar-refractivity contribution in [3.8, 4) is 0 Å². The maximum absolute atomic E-state index is 16.8. The number of hydrogen-bond donors (Lipinski definition) is 0. The summed E-state index contributed by atoms with van der Waals surface area (Å²) >= 11 is 0. The second kappa shape index (κ2) is 38.8. The summed E-state index contributed by atoms with van der Waals surface area (Å²) in [5.74, 6) is -1.47. The first kappa shape index (κ1) is 89.4. The second-order valence-corrected chi connectivity index (χ2v) is 51.2. The van der Waals surface area contributed by atoms with Crippen LogP contribution in [0.3, 0.4) is 0 Å². The third kappa shape index (κ3) is 19.9. The van der Waals surface area contributed by atoms with Gasteiger partial charge in [-0.05, 0) is 137 Å². The maximum Gasteiger partial charge on any atom is 0.261 e. The average molecular weight is 1630 g/mol. The first-order valence-corrected chi connectivity index (χ1v) is 50.4. The molecule has 6 heterocycles. The van der Waals surface area contributed by atoms with Gasteiger partial charge in [0.1, 0.15) is 35.8 Å². The van der Waals surface area contributed by atoms with Crippen molar-refractivity contribution in [2.24, 2.45) is 11.8 Å². The van der Waals surface area contributed by atoms with Crippen LogP contribution >= 0.6 is 0 Å². The Balaban J connectivity index is 1.00. The van der Waals surface area contributed by atoms with Crippen LogP contribution in [0.4, 0.5) is 0 Å². The van der Waals surface area contributed by atoms with Gasteiger partial charge in [-0.25, -0.2) is 8.42 Å². The van der Waals surface area contributed by atoms with Crippen LogP contribution in [0.2, 0.25) is 28.2 Å². The molecule has 6 fully saturated rings. The highest BCUT2D eigenvalue weighted by atomic mass is 32.2. The lowest BCUT2D eigenvalue weighted by molar-refractivity contribution is -0.254. The van der Waals surface area contributed by atoms with Crippen LogP contribution in [0.15, 0.2) is 218 Å². The molecule has 0 bridgehead atoms. The quantitative estimate of drug-likeness (QED) is 0.0210. The molecule has 6 saturated heterocycles. The van der Waals surface area contributed by atoms with Crippen LogP contribution in [0, 0.1) is 11.8 Å². The van der Waals surface area contributed by atoms with E-state index in [1.54, 1.807) is 43.5 Å². The van der Waals surface area contributed by atoms with Crippen LogP contribution in [-0.2, 0) is 70.5 Å². The van der Waals surface area contributed by atoms with Gasteiger partial charge in [0, 0.05) is 45.1 Å². The van der Waals surface area contributed by atoms with E-state index in [-0.39, 0.29) is 54.2 Å². The molecule has 6 aliphatic heterocycles. The minimum atomic E-state index is -4.55. The van der Waals surface area contributed by atoms with Crippen LogP contribution < -0.4 is 20.7 Å². The topological polar surface area (TPSA) is 162 Å². The third-order valence-electron chi connectivity index (χ3n) is 25.4. The Morgan fingerprint density at radius 3 is 1.64 bits per heavy atom. The molecule has 15 nitrogen and oxygen atoms in total. The van der Waals surface area contributed by atoms with Crippen molar-refractivity contribution in [2.45, 2.75) is 315 Å². The normalized spacial score (nSPS) is 28.7. The zero-order valence-electron chi connectivity index (χ0n) is 71.0. The molecule has 0 N–H and O–H groups in total. The monoisotopic (exact) mass is 1630 g/mol. The van der Waals surface area contributed by atoms with Gasteiger partial charge in [0.15, 0.2) is 23.9 Å². The largest absolute Gasteiger partial charge is 0.410 e. The summed E-state index contributed by atoms with van der Waals surface area (Å²) in [6.45, 7) is 49.2.